The fourth-order valence-corrected chi connectivity index (χ4v) is 3.15. The summed E-state index contributed by atoms with van der Waals surface area (Å²) >= 11 is 0. The maximum Gasteiger partial charge on any atom is 0.318 e. The first kappa shape index (κ1) is 15.1. The van der Waals surface area contributed by atoms with Crippen LogP contribution < -0.4 is 5.32 Å². The number of morpholine rings is 1. The normalized spacial score (nSPS) is 25.4. The van der Waals surface area contributed by atoms with Crippen molar-refractivity contribution in [2.75, 3.05) is 19.8 Å². The molecule has 114 valence electrons. The summed E-state index contributed by atoms with van der Waals surface area (Å²) in [7, 11) is 0. The second kappa shape index (κ2) is 6.92. The van der Waals surface area contributed by atoms with E-state index in [1.54, 1.807) is 4.90 Å². The Labute approximate surface area is 119 Å². The number of amides is 2. The summed E-state index contributed by atoms with van der Waals surface area (Å²) in [6.45, 7) is 3.28. The molecule has 1 aliphatic heterocycles. The molecule has 0 aromatic rings. The van der Waals surface area contributed by atoms with Gasteiger partial charge in [-0.05, 0) is 25.7 Å². The number of nitrogens with one attached hydrogen (secondary N) is 1. The molecule has 20 heavy (non-hydrogen) atoms. The number of carbonyl (C=O) groups is 2. The van der Waals surface area contributed by atoms with Crippen molar-refractivity contribution in [3.63, 3.8) is 0 Å². The van der Waals surface area contributed by atoms with E-state index >= 15 is 0 Å². The van der Waals surface area contributed by atoms with Crippen molar-refractivity contribution >= 4 is 12.0 Å². The maximum atomic E-state index is 12.3. The molecule has 2 N–H and O–H groups in total. The van der Waals surface area contributed by atoms with Crippen LogP contribution in [-0.2, 0) is 9.53 Å². The molecule has 2 aliphatic rings. The van der Waals surface area contributed by atoms with Crippen molar-refractivity contribution in [3.05, 3.63) is 0 Å². The van der Waals surface area contributed by atoms with E-state index in [9.17, 15) is 9.59 Å². The molecule has 0 bridgehead atoms. The minimum Gasteiger partial charge on any atom is -0.481 e. The number of carbonyl (C=O) groups excluding carboxylic acids is 1. The van der Waals surface area contributed by atoms with Crippen molar-refractivity contribution < 1.29 is 19.4 Å². The second-order valence-electron chi connectivity index (χ2n) is 5.80. The highest BCUT2D eigenvalue weighted by molar-refractivity contribution is 5.76. The van der Waals surface area contributed by atoms with Crippen LogP contribution in [0.1, 0.15) is 39.0 Å². The summed E-state index contributed by atoms with van der Waals surface area (Å²) in [5, 5.41) is 11.9. The van der Waals surface area contributed by atoms with E-state index in [0.29, 0.717) is 25.7 Å². The van der Waals surface area contributed by atoms with E-state index in [2.05, 4.69) is 5.32 Å². The average Bonchev–Trinajstić information content (AvgIpc) is 2.92. The van der Waals surface area contributed by atoms with Crippen LogP contribution in [-0.4, -0.2) is 53.8 Å². The molecule has 1 heterocycles. The molecule has 0 spiro atoms. The molecule has 2 fully saturated rings. The molecule has 2 unspecified atom stereocenters. The monoisotopic (exact) mass is 284 g/mol. The highest BCUT2D eigenvalue weighted by atomic mass is 16.5. The zero-order valence-corrected chi connectivity index (χ0v) is 12.0. The molecule has 0 aromatic carbocycles. The molecular weight excluding hydrogens is 260 g/mol. The molecule has 6 nitrogen and oxygen atoms in total. The van der Waals surface area contributed by atoms with Crippen molar-refractivity contribution in [2.24, 2.45) is 5.92 Å². The van der Waals surface area contributed by atoms with E-state index in [1.165, 1.54) is 25.7 Å². The van der Waals surface area contributed by atoms with Gasteiger partial charge in [-0.15, -0.1) is 0 Å². The number of carboxylic acid groups (broad SMARTS) is 1. The minimum absolute atomic E-state index is 0.0643. The van der Waals surface area contributed by atoms with Crippen LogP contribution in [0.5, 0.6) is 0 Å². The molecule has 6 heteroatoms. The summed E-state index contributed by atoms with van der Waals surface area (Å²) in [5.74, 6) is -0.347. The average molecular weight is 284 g/mol. The van der Waals surface area contributed by atoms with Gasteiger partial charge >= 0.3 is 12.0 Å². The predicted molar refractivity (Wildman–Crippen MR) is 73.5 cm³/mol. The Morgan fingerprint density at radius 2 is 2.10 bits per heavy atom. The summed E-state index contributed by atoms with van der Waals surface area (Å²) < 4.78 is 5.28. The Kier molecular flexibility index (Phi) is 5.23. The first-order valence-electron chi connectivity index (χ1n) is 7.44. The third kappa shape index (κ3) is 3.85. The fourth-order valence-electron chi connectivity index (χ4n) is 3.15. The predicted octanol–water partition coefficient (Wildman–Crippen LogP) is 1.45. The standard InChI is InChI=1S/C14H24N2O4/c1-10(11-4-2-3-5-11)15-14(19)16-6-7-20-9-12(16)8-13(17)18/h10-12H,2-9H2,1H3,(H,15,19)(H,17,18). The number of rotatable bonds is 4. The van der Waals surface area contributed by atoms with E-state index in [1.807, 2.05) is 6.92 Å². The first-order valence-corrected chi connectivity index (χ1v) is 7.44. The van der Waals surface area contributed by atoms with Crippen LogP contribution in [0.4, 0.5) is 4.79 Å². The molecule has 2 amide bonds. The van der Waals surface area contributed by atoms with Crippen molar-refractivity contribution in [3.8, 4) is 0 Å². The number of hydrogen-bond acceptors (Lipinski definition) is 3. The van der Waals surface area contributed by atoms with Gasteiger partial charge in [-0.1, -0.05) is 12.8 Å². The Bertz CT molecular complexity index is 355. The first-order chi connectivity index (χ1) is 9.58. The molecule has 0 aromatic heterocycles. The summed E-state index contributed by atoms with van der Waals surface area (Å²) in [6, 6.07) is -0.366. The number of hydrogen-bond donors (Lipinski definition) is 2. The summed E-state index contributed by atoms with van der Waals surface area (Å²) in [5.41, 5.74) is 0. The lowest BCUT2D eigenvalue weighted by Gasteiger charge is -2.36. The van der Waals surface area contributed by atoms with Gasteiger partial charge in [-0.25, -0.2) is 4.79 Å². The maximum absolute atomic E-state index is 12.3. The Balaban J connectivity index is 1.89. The van der Waals surface area contributed by atoms with Crippen LogP contribution >= 0.6 is 0 Å². The van der Waals surface area contributed by atoms with Crippen LogP contribution in [0, 0.1) is 5.92 Å². The van der Waals surface area contributed by atoms with Crippen LogP contribution in [0.25, 0.3) is 0 Å². The number of carboxylic acids is 1. The summed E-state index contributed by atoms with van der Waals surface area (Å²) in [6.07, 6.45) is 4.76. The van der Waals surface area contributed by atoms with E-state index in [4.69, 9.17) is 9.84 Å². The molecule has 2 rings (SSSR count). The number of ether oxygens (including phenoxy) is 1. The van der Waals surface area contributed by atoms with Gasteiger partial charge in [0.1, 0.15) is 0 Å². The third-order valence-corrected chi connectivity index (χ3v) is 4.36. The highest BCUT2D eigenvalue weighted by Gasteiger charge is 2.31. The molecule has 1 aliphatic carbocycles. The van der Waals surface area contributed by atoms with E-state index in [0.717, 1.165) is 0 Å². The van der Waals surface area contributed by atoms with Gasteiger partial charge in [0, 0.05) is 12.6 Å². The molecular formula is C14H24N2O4. The lowest BCUT2D eigenvalue weighted by Crippen LogP contribution is -2.55. The Morgan fingerprint density at radius 1 is 1.40 bits per heavy atom. The van der Waals surface area contributed by atoms with Gasteiger partial charge in [-0.3, -0.25) is 4.79 Å². The highest BCUT2D eigenvalue weighted by Crippen LogP contribution is 2.27. The number of aliphatic carboxylic acids is 1. The third-order valence-electron chi connectivity index (χ3n) is 4.36. The van der Waals surface area contributed by atoms with Gasteiger partial charge < -0.3 is 20.1 Å². The number of nitrogens with zero attached hydrogens (tertiary/aromatic N) is 1. The van der Waals surface area contributed by atoms with Crippen molar-refractivity contribution in [1.29, 1.82) is 0 Å². The van der Waals surface area contributed by atoms with E-state index in [-0.39, 0.29) is 24.5 Å². The van der Waals surface area contributed by atoms with Gasteiger partial charge in [0.05, 0.1) is 25.7 Å². The minimum atomic E-state index is -0.901. The fraction of sp³-hybridized carbons (Fsp3) is 0.857. The smallest absolute Gasteiger partial charge is 0.318 e. The quantitative estimate of drug-likeness (QED) is 0.819. The molecule has 1 saturated carbocycles. The zero-order valence-electron chi connectivity index (χ0n) is 12.0. The van der Waals surface area contributed by atoms with Gasteiger partial charge in [0.2, 0.25) is 0 Å². The lowest BCUT2D eigenvalue weighted by molar-refractivity contribution is -0.139. The number of urea groups is 1. The summed E-state index contributed by atoms with van der Waals surface area (Å²) in [4.78, 5) is 24.8. The van der Waals surface area contributed by atoms with Gasteiger partial charge in [-0.2, -0.15) is 0 Å². The molecule has 1 saturated heterocycles. The Hall–Kier alpha value is -1.30. The molecule has 2 atom stereocenters. The molecule has 0 radical (unpaired) electrons. The second-order valence-corrected chi connectivity index (χ2v) is 5.80. The topological polar surface area (TPSA) is 78.9 Å². The lowest BCUT2D eigenvalue weighted by atomic mass is 10.00. The SMILES string of the molecule is CC(NC(=O)N1CCOCC1CC(=O)O)C1CCCC1. The van der Waals surface area contributed by atoms with Crippen LogP contribution in [0.3, 0.4) is 0 Å². The largest absolute Gasteiger partial charge is 0.481 e. The van der Waals surface area contributed by atoms with Crippen LogP contribution in [0.15, 0.2) is 0 Å². The van der Waals surface area contributed by atoms with Crippen molar-refractivity contribution in [1.82, 2.24) is 10.2 Å². The zero-order chi connectivity index (χ0) is 14.5. The van der Waals surface area contributed by atoms with E-state index < -0.39 is 5.97 Å². The Morgan fingerprint density at radius 3 is 2.75 bits per heavy atom. The van der Waals surface area contributed by atoms with Gasteiger partial charge in [0.25, 0.3) is 0 Å². The van der Waals surface area contributed by atoms with Crippen LogP contribution in [0.2, 0.25) is 0 Å². The van der Waals surface area contributed by atoms with Crippen molar-refractivity contribution in [2.45, 2.75) is 51.1 Å². The van der Waals surface area contributed by atoms with Gasteiger partial charge in [0.15, 0.2) is 0 Å².